The highest BCUT2D eigenvalue weighted by Crippen LogP contribution is 2.42. The van der Waals surface area contributed by atoms with E-state index in [1.165, 1.54) is 0 Å². The predicted octanol–water partition coefficient (Wildman–Crippen LogP) is 7.66. The number of benzene rings is 2. The fourth-order valence-electron chi connectivity index (χ4n) is 7.06. The smallest absolute Gasteiger partial charge is 0.257 e. The van der Waals surface area contributed by atoms with Gasteiger partial charge < -0.3 is 39.2 Å². The van der Waals surface area contributed by atoms with Crippen LogP contribution < -0.4 is 24.3 Å². The highest BCUT2D eigenvalue weighted by molar-refractivity contribution is 6.04. The van der Waals surface area contributed by atoms with Crippen LogP contribution in [0, 0.1) is 23.7 Å². The van der Waals surface area contributed by atoms with Crippen LogP contribution in [0.15, 0.2) is 53.6 Å². The Balaban J connectivity index is 0.00000157. The van der Waals surface area contributed by atoms with Gasteiger partial charge in [-0.2, -0.15) is 0 Å². The summed E-state index contributed by atoms with van der Waals surface area (Å²) in [6.07, 6.45) is 12.8. The van der Waals surface area contributed by atoms with Gasteiger partial charge in [-0.25, -0.2) is 0 Å². The quantitative estimate of drug-likeness (QED) is 0.168. The molecule has 0 aliphatic carbocycles. The third-order valence-corrected chi connectivity index (χ3v) is 10.3. The molecule has 0 bridgehead atoms. The van der Waals surface area contributed by atoms with Crippen molar-refractivity contribution in [3.63, 3.8) is 0 Å². The van der Waals surface area contributed by atoms with E-state index in [0.717, 1.165) is 36.8 Å². The number of hydrogen-bond acceptors (Lipinski definition) is 9. The Bertz CT molecular complexity index is 1780. The van der Waals surface area contributed by atoms with E-state index < -0.39 is 6.23 Å². The summed E-state index contributed by atoms with van der Waals surface area (Å²) in [7, 11) is 3.14. The first-order valence-electron chi connectivity index (χ1n) is 18.7. The Morgan fingerprint density at radius 2 is 1.39 bits per heavy atom. The molecule has 0 aromatic heterocycles. The van der Waals surface area contributed by atoms with Gasteiger partial charge in [0.1, 0.15) is 6.23 Å². The molecule has 2 aromatic rings. The molecule has 1 unspecified atom stereocenters. The molecule has 0 radical (unpaired) electrons. The van der Waals surface area contributed by atoms with Crippen molar-refractivity contribution >= 4 is 29.4 Å². The van der Waals surface area contributed by atoms with Gasteiger partial charge in [-0.1, -0.05) is 65.8 Å². The van der Waals surface area contributed by atoms with Crippen LogP contribution in [0.25, 0.3) is 0 Å². The molecule has 11 heteroatoms. The zero-order valence-electron chi connectivity index (χ0n) is 33.3. The SMILES string of the molecule is C#C.C=C1CC2C=Nc3cc(OCC(C)(C)CCC(C)(C)CCOc4cc5c(cc4OC)C(=O)N4CC(=C)C[C@H]4[C@H](O)N5)c(OC)cc3C(=O)N2C1.CC. The average molecular weight is 743 g/mol. The van der Waals surface area contributed by atoms with Crippen LogP contribution in [0.4, 0.5) is 11.4 Å². The molecule has 0 saturated carbocycles. The number of aliphatic hydroxyl groups excluding tert-OH is 1. The number of anilines is 1. The molecular weight excluding hydrogens is 684 g/mol. The number of amides is 2. The highest BCUT2D eigenvalue weighted by atomic mass is 16.5. The van der Waals surface area contributed by atoms with Gasteiger partial charge in [-0.15, -0.1) is 12.8 Å². The van der Waals surface area contributed by atoms with Gasteiger partial charge in [0.05, 0.1) is 62.0 Å². The summed E-state index contributed by atoms with van der Waals surface area (Å²) >= 11 is 0. The van der Waals surface area contributed by atoms with Gasteiger partial charge in [-0.05, 0) is 55.1 Å². The summed E-state index contributed by atoms with van der Waals surface area (Å²) < 4.78 is 23.9. The lowest BCUT2D eigenvalue weighted by atomic mass is 9.78. The monoisotopic (exact) mass is 742 g/mol. The lowest BCUT2D eigenvalue weighted by Crippen LogP contribution is -2.43. The van der Waals surface area contributed by atoms with Crippen LogP contribution in [0.5, 0.6) is 23.0 Å². The number of carbonyl (C=O) groups excluding carboxylic acids is 2. The molecule has 2 saturated heterocycles. The zero-order chi connectivity index (χ0) is 40.0. The minimum atomic E-state index is -0.915. The van der Waals surface area contributed by atoms with E-state index in [2.05, 4.69) is 64.0 Å². The third-order valence-electron chi connectivity index (χ3n) is 10.3. The van der Waals surface area contributed by atoms with Gasteiger partial charge in [0, 0.05) is 31.4 Å². The van der Waals surface area contributed by atoms with Crippen molar-refractivity contribution in [2.45, 2.75) is 92.0 Å². The second-order valence-corrected chi connectivity index (χ2v) is 15.6. The fraction of sp³-hybridized carbons (Fsp3) is 0.512. The van der Waals surface area contributed by atoms with Gasteiger partial charge in [0.15, 0.2) is 23.0 Å². The van der Waals surface area contributed by atoms with Crippen LogP contribution in [0.3, 0.4) is 0 Å². The number of aliphatic hydroxyl groups is 1. The molecule has 2 N–H and O–H groups in total. The van der Waals surface area contributed by atoms with E-state index in [9.17, 15) is 14.7 Å². The Kier molecular flexibility index (Phi) is 13.5. The van der Waals surface area contributed by atoms with Gasteiger partial charge >= 0.3 is 0 Å². The van der Waals surface area contributed by atoms with Gasteiger partial charge in [-0.3, -0.25) is 14.6 Å². The van der Waals surface area contributed by atoms with E-state index in [1.807, 2.05) is 25.0 Å². The summed E-state index contributed by atoms with van der Waals surface area (Å²) in [6.45, 7) is 22.8. The molecule has 2 fully saturated rings. The van der Waals surface area contributed by atoms with Crippen LogP contribution >= 0.6 is 0 Å². The summed E-state index contributed by atoms with van der Waals surface area (Å²) in [5.74, 6) is 1.81. The lowest BCUT2D eigenvalue weighted by molar-refractivity contribution is 0.0581. The van der Waals surface area contributed by atoms with Crippen LogP contribution in [0.2, 0.25) is 0 Å². The number of terminal acetylenes is 1. The number of nitrogens with one attached hydrogen (secondary N) is 1. The van der Waals surface area contributed by atoms with E-state index in [1.54, 1.807) is 43.4 Å². The maximum atomic E-state index is 13.4. The molecule has 4 heterocycles. The lowest BCUT2D eigenvalue weighted by Gasteiger charge is -2.31. The molecule has 2 amide bonds. The van der Waals surface area contributed by atoms with Crippen LogP contribution in [-0.4, -0.2) is 91.8 Å². The average Bonchev–Trinajstić information content (AvgIpc) is 3.69. The maximum absolute atomic E-state index is 13.4. The summed E-state index contributed by atoms with van der Waals surface area (Å²) in [5, 5.41) is 14.0. The number of aliphatic imine (C=N–C) groups is 1. The third kappa shape index (κ3) is 9.22. The number of ether oxygens (including phenoxy) is 4. The molecule has 11 nitrogen and oxygen atoms in total. The zero-order valence-corrected chi connectivity index (χ0v) is 33.3. The number of methoxy groups -OCH3 is 2. The van der Waals surface area contributed by atoms with Crippen molar-refractivity contribution < 1.29 is 33.6 Å². The standard InChI is InChI=1S/C39H50N4O7.C2H6.C2H2/c1-23-13-25-19-40-28-17-34(32(48-8)15-26(28)36(45)42(25)20-23)50-22-39(5,6)10-9-38(3,4)11-12-49-33-18-29-27(16-31(33)47-7)37(46)43-21-24(2)14-30(43)35(44)41-29;2*1-2/h15-19,25,30,35,41,44H,1-2,9-14,20-22H2,3-8H3;1-2H3;1-2H/t25?,30-,35-;;/m0../s1. The molecule has 4 aliphatic rings. The normalized spacial score (nSPS) is 20.1. The second-order valence-electron chi connectivity index (χ2n) is 15.6. The molecule has 6 rings (SSSR count). The fourth-order valence-corrected chi connectivity index (χ4v) is 7.06. The topological polar surface area (TPSA) is 122 Å². The Labute approximate surface area is 321 Å². The number of rotatable bonds is 12. The molecule has 54 heavy (non-hydrogen) atoms. The van der Waals surface area contributed by atoms with Crippen molar-refractivity contribution in [2.75, 3.05) is 45.8 Å². The first-order valence-corrected chi connectivity index (χ1v) is 18.7. The van der Waals surface area contributed by atoms with E-state index in [-0.39, 0.29) is 34.7 Å². The molecule has 4 aliphatic heterocycles. The first-order chi connectivity index (χ1) is 25.7. The van der Waals surface area contributed by atoms with Gasteiger partial charge in [0.25, 0.3) is 11.8 Å². The molecule has 292 valence electrons. The molecule has 0 spiro atoms. The summed E-state index contributed by atoms with van der Waals surface area (Å²) in [6, 6.07) is 6.54. The number of nitrogens with zero attached hydrogens (tertiary/aromatic N) is 3. The molecule has 2 aromatic carbocycles. The second kappa shape index (κ2) is 17.5. The van der Waals surface area contributed by atoms with Crippen molar-refractivity contribution in [2.24, 2.45) is 15.8 Å². The maximum Gasteiger partial charge on any atom is 0.257 e. The highest BCUT2D eigenvalue weighted by Gasteiger charge is 2.40. The minimum Gasteiger partial charge on any atom is -0.493 e. The predicted molar refractivity (Wildman–Crippen MR) is 215 cm³/mol. The Hall–Kier alpha value is -4.95. The summed E-state index contributed by atoms with van der Waals surface area (Å²) in [5.41, 5.74) is 3.80. The van der Waals surface area contributed by atoms with Crippen LogP contribution in [0.1, 0.15) is 94.4 Å². The Morgan fingerprint density at radius 3 is 2.06 bits per heavy atom. The van der Waals surface area contributed by atoms with Crippen molar-refractivity contribution in [3.8, 4) is 35.8 Å². The van der Waals surface area contributed by atoms with Crippen molar-refractivity contribution in [1.29, 1.82) is 0 Å². The number of hydrogen-bond donors (Lipinski definition) is 2. The van der Waals surface area contributed by atoms with E-state index in [0.29, 0.717) is 78.2 Å². The minimum absolute atomic E-state index is 0.0384. The number of fused-ring (bicyclic) bond motifs is 4. The van der Waals surface area contributed by atoms with E-state index in [4.69, 9.17) is 18.9 Å². The number of carbonyl (C=O) groups is 2. The summed E-state index contributed by atoms with van der Waals surface area (Å²) in [4.78, 5) is 34.8. The van der Waals surface area contributed by atoms with Crippen LogP contribution in [-0.2, 0) is 0 Å². The molecule has 3 atom stereocenters. The van der Waals surface area contributed by atoms with Crippen molar-refractivity contribution in [1.82, 2.24) is 9.80 Å². The van der Waals surface area contributed by atoms with Crippen molar-refractivity contribution in [3.05, 3.63) is 59.7 Å². The molecular formula is C43H58N4O7. The largest absolute Gasteiger partial charge is 0.493 e. The van der Waals surface area contributed by atoms with E-state index >= 15 is 0 Å². The van der Waals surface area contributed by atoms with Gasteiger partial charge in [0.2, 0.25) is 0 Å². The first kappa shape index (κ1) is 41.8. The Morgan fingerprint density at radius 1 is 0.815 bits per heavy atom.